The van der Waals surface area contributed by atoms with Gasteiger partial charge in [-0.2, -0.15) is 0 Å². The third-order valence-electron chi connectivity index (χ3n) is 3.63. The Morgan fingerprint density at radius 3 is 2.48 bits per heavy atom. The predicted molar refractivity (Wildman–Crippen MR) is 87.1 cm³/mol. The first-order chi connectivity index (χ1) is 10.2. The zero-order chi connectivity index (χ0) is 15.3. The molecule has 1 aromatic carbocycles. The van der Waals surface area contributed by atoms with Crippen LogP contribution in [0, 0.1) is 0 Å². The minimum atomic E-state index is -0.509. The summed E-state index contributed by atoms with van der Waals surface area (Å²) in [6.07, 6.45) is 8.59. The summed E-state index contributed by atoms with van der Waals surface area (Å²) in [6.45, 7) is 2.71. The van der Waals surface area contributed by atoms with Crippen molar-refractivity contribution in [2.75, 3.05) is 6.61 Å². The van der Waals surface area contributed by atoms with Gasteiger partial charge in [0, 0.05) is 0 Å². The molecule has 0 amide bonds. The van der Waals surface area contributed by atoms with Crippen LogP contribution in [0.1, 0.15) is 57.4 Å². The molecule has 1 unspecified atom stereocenters. The number of esters is 1. The van der Waals surface area contributed by atoms with Gasteiger partial charge >= 0.3 is 5.97 Å². The summed E-state index contributed by atoms with van der Waals surface area (Å²) >= 11 is 0. The molecule has 0 aromatic heterocycles. The third kappa shape index (κ3) is 8.51. The summed E-state index contributed by atoms with van der Waals surface area (Å²) in [4.78, 5) is 11.8. The van der Waals surface area contributed by atoms with Crippen molar-refractivity contribution in [3.63, 3.8) is 0 Å². The van der Waals surface area contributed by atoms with Crippen LogP contribution in [0.5, 0.6) is 0 Å². The van der Waals surface area contributed by atoms with Gasteiger partial charge in [0.05, 0.1) is 6.61 Å². The highest BCUT2D eigenvalue weighted by molar-refractivity contribution is 5.75. The van der Waals surface area contributed by atoms with Crippen LogP contribution in [0.25, 0.3) is 0 Å². The molecule has 118 valence electrons. The second kappa shape index (κ2) is 11.3. The first-order valence-corrected chi connectivity index (χ1v) is 8.20. The van der Waals surface area contributed by atoms with E-state index in [4.69, 9.17) is 10.5 Å². The van der Waals surface area contributed by atoms with E-state index in [1.807, 2.05) is 30.3 Å². The topological polar surface area (TPSA) is 52.3 Å². The van der Waals surface area contributed by atoms with Crippen molar-refractivity contribution in [2.45, 2.75) is 64.3 Å². The highest BCUT2D eigenvalue weighted by atomic mass is 16.5. The molecule has 0 saturated heterocycles. The van der Waals surface area contributed by atoms with Crippen molar-refractivity contribution in [1.82, 2.24) is 0 Å². The molecule has 0 aliphatic rings. The Bertz CT molecular complexity index is 378. The van der Waals surface area contributed by atoms with E-state index in [0.29, 0.717) is 13.0 Å². The quantitative estimate of drug-likeness (QED) is 0.497. The molecule has 1 rings (SSSR count). The van der Waals surface area contributed by atoms with Gasteiger partial charge in [-0.25, -0.2) is 0 Å². The summed E-state index contributed by atoms with van der Waals surface area (Å²) in [5.74, 6) is -0.264. The van der Waals surface area contributed by atoms with Crippen molar-refractivity contribution < 1.29 is 9.53 Å². The maximum atomic E-state index is 11.8. The van der Waals surface area contributed by atoms with Crippen molar-refractivity contribution in [2.24, 2.45) is 5.73 Å². The van der Waals surface area contributed by atoms with Gasteiger partial charge in [0.15, 0.2) is 0 Å². The van der Waals surface area contributed by atoms with Crippen LogP contribution in [0.15, 0.2) is 30.3 Å². The van der Waals surface area contributed by atoms with E-state index in [-0.39, 0.29) is 5.97 Å². The molecule has 1 atom stereocenters. The average molecular weight is 291 g/mol. The number of nitrogens with two attached hydrogens (primary N) is 1. The number of benzene rings is 1. The van der Waals surface area contributed by atoms with Gasteiger partial charge in [0.25, 0.3) is 0 Å². The zero-order valence-electron chi connectivity index (χ0n) is 13.2. The number of ether oxygens (including phenoxy) is 1. The number of carbonyl (C=O) groups excluding carboxylic acids is 1. The van der Waals surface area contributed by atoms with Gasteiger partial charge in [-0.05, 0) is 24.8 Å². The second-order valence-corrected chi connectivity index (χ2v) is 5.57. The predicted octanol–water partition coefficient (Wildman–Crippen LogP) is 3.85. The lowest BCUT2D eigenvalue weighted by molar-refractivity contribution is -0.145. The lowest BCUT2D eigenvalue weighted by Crippen LogP contribution is -2.33. The van der Waals surface area contributed by atoms with Gasteiger partial charge in [-0.3, -0.25) is 4.79 Å². The van der Waals surface area contributed by atoms with Crippen LogP contribution < -0.4 is 5.73 Å². The van der Waals surface area contributed by atoms with Gasteiger partial charge < -0.3 is 10.5 Å². The largest absolute Gasteiger partial charge is 0.465 e. The van der Waals surface area contributed by atoms with E-state index < -0.39 is 6.04 Å². The molecule has 0 spiro atoms. The average Bonchev–Trinajstić information content (AvgIpc) is 2.52. The fourth-order valence-electron chi connectivity index (χ4n) is 2.25. The monoisotopic (exact) mass is 291 g/mol. The van der Waals surface area contributed by atoms with E-state index in [2.05, 4.69) is 6.92 Å². The lowest BCUT2D eigenvalue weighted by atomic mass is 10.1. The highest BCUT2D eigenvalue weighted by Crippen LogP contribution is 2.07. The maximum absolute atomic E-state index is 11.8. The Morgan fingerprint density at radius 2 is 1.76 bits per heavy atom. The molecule has 0 heterocycles. The Balaban J connectivity index is 2.06. The number of unbranched alkanes of at least 4 members (excludes halogenated alkanes) is 5. The second-order valence-electron chi connectivity index (χ2n) is 5.57. The molecule has 21 heavy (non-hydrogen) atoms. The van der Waals surface area contributed by atoms with Crippen LogP contribution in [0.3, 0.4) is 0 Å². The molecule has 3 heteroatoms. The molecule has 0 aliphatic carbocycles. The van der Waals surface area contributed by atoms with E-state index in [9.17, 15) is 4.79 Å². The van der Waals surface area contributed by atoms with Crippen molar-refractivity contribution in [3.05, 3.63) is 35.9 Å². The molecule has 0 bridgehead atoms. The van der Waals surface area contributed by atoms with Gasteiger partial charge in [-0.1, -0.05) is 69.4 Å². The summed E-state index contributed by atoms with van der Waals surface area (Å²) in [6, 6.07) is 9.57. The number of rotatable bonds is 11. The van der Waals surface area contributed by atoms with Gasteiger partial charge in [0.1, 0.15) is 6.04 Å². The molecule has 0 saturated carbocycles. The molecule has 0 radical (unpaired) electrons. The first-order valence-electron chi connectivity index (χ1n) is 8.20. The third-order valence-corrected chi connectivity index (χ3v) is 3.63. The number of hydrogen-bond donors (Lipinski definition) is 1. The van der Waals surface area contributed by atoms with Crippen LogP contribution in [0.2, 0.25) is 0 Å². The number of carbonyl (C=O) groups is 1. The number of hydrogen-bond acceptors (Lipinski definition) is 3. The molecular weight excluding hydrogens is 262 g/mol. The number of aryl methyl sites for hydroxylation is 1. The smallest absolute Gasteiger partial charge is 0.322 e. The van der Waals surface area contributed by atoms with E-state index in [0.717, 1.165) is 19.3 Å². The zero-order valence-corrected chi connectivity index (χ0v) is 13.2. The van der Waals surface area contributed by atoms with Crippen molar-refractivity contribution in [1.29, 1.82) is 0 Å². The summed E-state index contributed by atoms with van der Waals surface area (Å²) in [7, 11) is 0. The van der Waals surface area contributed by atoms with Crippen LogP contribution in [0.4, 0.5) is 0 Å². The molecule has 0 aliphatic heterocycles. The Morgan fingerprint density at radius 1 is 1.10 bits per heavy atom. The molecule has 1 aromatic rings. The molecule has 3 nitrogen and oxygen atoms in total. The van der Waals surface area contributed by atoms with Crippen LogP contribution in [-0.4, -0.2) is 18.6 Å². The summed E-state index contributed by atoms with van der Waals surface area (Å²) < 4.78 is 5.23. The SMILES string of the molecule is CCCCCCCCOC(=O)C(N)CCc1ccccc1. The molecule has 0 fully saturated rings. The fraction of sp³-hybridized carbons (Fsp3) is 0.611. The lowest BCUT2D eigenvalue weighted by Gasteiger charge is -2.11. The van der Waals surface area contributed by atoms with E-state index in [1.165, 1.54) is 31.2 Å². The maximum Gasteiger partial charge on any atom is 0.322 e. The van der Waals surface area contributed by atoms with E-state index in [1.54, 1.807) is 0 Å². The molecular formula is C18H29NO2. The first kappa shape index (κ1) is 17.7. The van der Waals surface area contributed by atoms with Crippen molar-refractivity contribution in [3.8, 4) is 0 Å². The Labute approximate surface area is 128 Å². The van der Waals surface area contributed by atoms with E-state index >= 15 is 0 Å². The van der Waals surface area contributed by atoms with Crippen LogP contribution in [-0.2, 0) is 16.0 Å². The normalized spacial score (nSPS) is 12.1. The molecule has 2 N–H and O–H groups in total. The Hall–Kier alpha value is -1.35. The van der Waals surface area contributed by atoms with Crippen molar-refractivity contribution >= 4 is 5.97 Å². The fourth-order valence-corrected chi connectivity index (χ4v) is 2.25. The Kier molecular flexibility index (Phi) is 9.55. The standard InChI is InChI=1S/C18H29NO2/c1-2-3-4-5-6-10-15-21-18(20)17(19)14-13-16-11-8-7-9-12-16/h7-9,11-12,17H,2-6,10,13-15,19H2,1H3. The minimum absolute atomic E-state index is 0.264. The van der Waals surface area contributed by atoms with Gasteiger partial charge in [0.2, 0.25) is 0 Å². The minimum Gasteiger partial charge on any atom is -0.465 e. The summed E-state index contributed by atoms with van der Waals surface area (Å²) in [5.41, 5.74) is 7.08. The summed E-state index contributed by atoms with van der Waals surface area (Å²) in [5, 5.41) is 0. The van der Waals surface area contributed by atoms with Crippen LogP contribution >= 0.6 is 0 Å². The highest BCUT2D eigenvalue weighted by Gasteiger charge is 2.14. The van der Waals surface area contributed by atoms with Gasteiger partial charge in [-0.15, -0.1) is 0 Å².